The molecule has 0 fully saturated rings. The number of nitrogens with one attached hydrogen (secondary N) is 1. The van der Waals surface area contributed by atoms with Crippen LogP contribution in [0.3, 0.4) is 0 Å². The number of carbonyl (C=O) groups excluding carboxylic acids is 1. The maximum atomic E-state index is 11.4. The van der Waals surface area contributed by atoms with Crippen LogP contribution in [0.5, 0.6) is 5.75 Å². The summed E-state index contributed by atoms with van der Waals surface area (Å²) in [6.07, 6.45) is 0.260. The lowest BCUT2D eigenvalue weighted by Crippen LogP contribution is -2.26. The first-order valence-electron chi connectivity index (χ1n) is 5.37. The van der Waals surface area contributed by atoms with E-state index in [9.17, 15) is 4.79 Å². The zero-order valence-corrected chi connectivity index (χ0v) is 10.1. The second-order valence-corrected chi connectivity index (χ2v) is 3.33. The predicted molar refractivity (Wildman–Crippen MR) is 62.4 cm³/mol. The molecule has 0 aliphatic carbocycles. The first kappa shape index (κ1) is 13.5. The first-order chi connectivity index (χ1) is 8.26. The molecular weight excluding hydrogens is 222 g/mol. The Balaban J connectivity index is 2.37. The molecule has 0 aliphatic rings. The summed E-state index contributed by atoms with van der Waals surface area (Å²) in [5, 5.41) is 0. The third kappa shape index (κ3) is 5.33. The molecule has 0 atom stereocenters. The van der Waals surface area contributed by atoms with Gasteiger partial charge in [-0.3, -0.25) is 4.79 Å². The fourth-order valence-corrected chi connectivity index (χ4v) is 1.26. The smallest absolute Gasteiger partial charge is 0.248 e. The highest BCUT2D eigenvalue weighted by Crippen LogP contribution is 2.12. The zero-order valence-electron chi connectivity index (χ0n) is 10.1. The van der Waals surface area contributed by atoms with E-state index in [1.54, 1.807) is 0 Å². The average molecular weight is 239 g/mol. The molecule has 94 valence electrons. The van der Waals surface area contributed by atoms with Crippen molar-refractivity contribution in [1.82, 2.24) is 5.48 Å². The van der Waals surface area contributed by atoms with Gasteiger partial charge in [0.2, 0.25) is 5.91 Å². The Morgan fingerprint density at radius 2 is 2.00 bits per heavy atom. The van der Waals surface area contributed by atoms with Crippen molar-refractivity contribution in [3.63, 3.8) is 0 Å². The van der Waals surface area contributed by atoms with Crippen LogP contribution in [-0.2, 0) is 20.8 Å². The molecule has 0 bridgehead atoms. The Morgan fingerprint density at radius 1 is 1.29 bits per heavy atom. The van der Waals surface area contributed by atoms with Crippen molar-refractivity contribution < 1.29 is 19.1 Å². The van der Waals surface area contributed by atoms with Crippen molar-refractivity contribution in [3.05, 3.63) is 29.8 Å². The highest BCUT2D eigenvalue weighted by atomic mass is 16.8. The van der Waals surface area contributed by atoms with Gasteiger partial charge in [-0.05, 0) is 24.6 Å². The number of benzene rings is 1. The summed E-state index contributed by atoms with van der Waals surface area (Å²) in [5.74, 6) is 0.582. The predicted octanol–water partition coefficient (Wildman–Crippen LogP) is 1.28. The van der Waals surface area contributed by atoms with E-state index in [1.165, 1.54) is 7.11 Å². The molecule has 1 aromatic rings. The van der Waals surface area contributed by atoms with Crippen LogP contribution in [0.15, 0.2) is 24.3 Å². The Labute approximate surface area is 101 Å². The van der Waals surface area contributed by atoms with E-state index in [1.807, 2.05) is 31.2 Å². The number of ether oxygens (including phenoxy) is 2. The molecule has 5 heteroatoms. The number of carbonyl (C=O) groups is 1. The lowest BCUT2D eigenvalue weighted by Gasteiger charge is -2.06. The van der Waals surface area contributed by atoms with Crippen LogP contribution < -0.4 is 10.2 Å². The van der Waals surface area contributed by atoms with Crippen molar-refractivity contribution >= 4 is 5.91 Å². The summed E-state index contributed by atoms with van der Waals surface area (Å²) < 4.78 is 9.94. The largest absolute Gasteiger partial charge is 0.494 e. The maximum absolute atomic E-state index is 11.4. The van der Waals surface area contributed by atoms with Gasteiger partial charge in [-0.25, -0.2) is 10.3 Å². The van der Waals surface area contributed by atoms with Crippen molar-refractivity contribution in [2.45, 2.75) is 13.3 Å². The van der Waals surface area contributed by atoms with Gasteiger partial charge in [0.25, 0.3) is 0 Å². The quantitative estimate of drug-likeness (QED) is 0.442. The summed E-state index contributed by atoms with van der Waals surface area (Å²) in [7, 11) is 1.48. The second-order valence-electron chi connectivity index (χ2n) is 3.33. The molecule has 1 rings (SSSR count). The van der Waals surface area contributed by atoms with Crippen LogP contribution >= 0.6 is 0 Å². The minimum Gasteiger partial charge on any atom is -0.494 e. The minimum absolute atomic E-state index is 0.0367. The van der Waals surface area contributed by atoms with Gasteiger partial charge in [-0.2, -0.15) is 0 Å². The van der Waals surface area contributed by atoms with Gasteiger partial charge < -0.3 is 9.47 Å². The Kier molecular flexibility index (Phi) is 6.06. The van der Waals surface area contributed by atoms with Crippen LogP contribution in [0, 0.1) is 0 Å². The van der Waals surface area contributed by atoms with Crippen LogP contribution in [0.4, 0.5) is 0 Å². The number of rotatable bonds is 7. The Morgan fingerprint density at radius 3 is 2.59 bits per heavy atom. The summed E-state index contributed by atoms with van der Waals surface area (Å²) in [6, 6.07) is 7.37. The first-order valence-corrected chi connectivity index (χ1v) is 5.37. The van der Waals surface area contributed by atoms with Gasteiger partial charge in [-0.1, -0.05) is 12.1 Å². The molecule has 0 heterocycles. The fraction of sp³-hybridized carbons (Fsp3) is 0.417. The highest BCUT2D eigenvalue weighted by Gasteiger charge is 2.03. The number of methoxy groups -OCH3 is 1. The van der Waals surface area contributed by atoms with Gasteiger partial charge in [-0.15, -0.1) is 0 Å². The van der Waals surface area contributed by atoms with Crippen molar-refractivity contribution in [2.24, 2.45) is 0 Å². The molecule has 1 aromatic carbocycles. The monoisotopic (exact) mass is 239 g/mol. The van der Waals surface area contributed by atoms with Gasteiger partial charge >= 0.3 is 0 Å². The molecular formula is C12H17NO4. The maximum Gasteiger partial charge on any atom is 0.248 e. The van der Waals surface area contributed by atoms with Crippen LogP contribution in [0.2, 0.25) is 0 Å². The Hall–Kier alpha value is -1.59. The number of hydrogen-bond donors (Lipinski definition) is 1. The van der Waals surface area contributed by atoms with Gasteiger partial charge in [0.1, 0.15) is 5.75 Å². The van der Waals surface area contributed by atoms with Crippen LogP contribution in [0.25, 0.3) is 0 Å². The number of hydrogen-bond acceptors (Lipinski definition) is 4. The van der Waals surface area contributed by atoms with Gasteiger partial charge in [0.15, 0.2) is 6.79 Å². The third-order valence-corrected chi connectivity index (χ3v) is 1.96. The second kappa shape index (κ2) is 7.65. The molecule has 0 saturated carbocycles. The molecule has 1 amide bonds. The van der Waals surface area contributed by atoms with E-state index in [4.69, 9.17) is 9.57 Å². The molecule has 5 nitrogen and oxygen atoms in total. The number of hydroxylamine groups is 1. The molecule has 0 unspecified atom stereocenters. The molecule has 17 heavy (non-hydrogen) atoms. The summed E-state index contributed by atoms with van der Waals surface area (Å²) in [5.41, 5.74) is 3.17. The molecule has 0 aliphatic heterocycles. The third-order valence-electron chi connectivity index (χ3n) is 1.96. The van der Waals surface area contributed by atoms with E-state index in [2.05, 4.69) is 10.2 Å². The average Bonchev–Trinajstić information content (AvgIpc) is 2.32. The van der Waals surface area contributed by atoms with Crippen LogP contribution in [-0.4, -0.2) is 26.4 Å². The molecule has 0 aromatic heterocycles. The fourth-order valence-electron chi connectivity index (χ4n) is 1.26. The molecule has 0 spiro atoms. The number of amides is 1. The zero-order chi connectivity index (χ0) is 12.5. The lowest BCUT2D eigenvalue weighted by atomic mass is 10.1. The molecule has 1 N–H and O–H groups in total. The van der Waals surface area contributed by atoms with E-state index >= 15 is 0 Å². The van der Waals surface area contributed by atoms with E-state index in [0.717, 1.165) is 11.3 Å². The summed E-state index contributed by atoms with van der Waals surface area (Å²) in [6.45, 7) is 2.59. The topological polar surface area (TPSA) is 56.8 Å². The van der Waals surface area contributed by atoms with Gasteiger partial charge in [0.05, 0.1) is 13.0 Å². The Bertz CT molecular complexity index is 337. The SMILES string of the molecule is CCOc1ccc(CC(=O)NOCOC)cc1. The molecule has 0 radical (unpaired) electrons. The minimum atomic E-state index is -0.216. The normalized spacial score (nSPS) is 10.0. The standard InChI is InChI=1S/C12H17NO4/c1-3-16-11-6-4-10(5-7-11)8-12(14)13-17-9-15-2/h4-7H,3,8-9H2,1-2H3,(H,13,14). The van der Waals surface area contributed by atoms with Crippen molar-refractivity contribution in [2.75, 3.05) is 20.5 Å². The van der Waals surface area contributed by atoms with Gasteiger partial charge in [0, 0.05) is 7.11 Å². The van der Waals surface area contributed by atoms with Crippen molar-refractivity contribution in [1.29, 1.82) is 0 Å². The van der Waals surface area contributed by atoms with E-state index in [0.29, 0.717) is 6.61 Å². The van der Waals surface area contributed by atoms with Crippen LogP contribution in [0.1, 0.15) is 12.5 Å². The summed E-state index contributed by atoms with van der Waals surface area (Å²) in [4.78, 5) is 16.1. The van der Waals surface area contributed by atoms with E-state index < -0.39 is 0 Å². The molecule has 0 saturated heterocycles. The van der Waals surface area contributed by atoms with Crippen molar-refractivity contribution in [3.8, 4) is 5.75 Å². The van der Waals surface area contributed by atoms with E-state index in [-0.39, 0.29) is 19.1 Å². The summed E-state index contributed by atoms with van der Waals surface area (Å²) >= 11 is 0. The highest BCUT2D eigenvalue weighted by molar-refractivity contribution is 5.77. The lowest BCUT2D eigenvalue weighted by molar-refractivity contribution is -0.143.